The summed E-state index contributed by atoms with van der Waals surface area (Å²) < 4.78 is 35.4. The lowest BCUT2D eigenvalue weighted by Crippen LogP contribution is -2.34. The maximum absolute atomic E-state index is 11.8. The highest BCUT2D eigenvalue weighted by Gasteiger charge is 2.31. The highest BCUT2D eigenvalue weighted by atomic mass is 19.4. The van der Waals surface area contributed by atoms with Crippen LogP contribution < -0.4 is 5.11 Å². The van der Waals surface area contributed by atoms with Gasteiger partial charge in [-0.25, -0.2) is 0 Å². The summed E-state index contributed by atoms with van der Waals surface area (Å²) >= 11 is 0. The second-order valence-corrected chi connectivity index (χ2v) is 2.98. The van der Waals surface area contributed by atoms with Crippen LogP contribution in [0.15, 0.2) is 0 Å². The van der Waals surface area contributed by atoms with E-state index < -0.39 is 24.5 Å². The molecular formula is C8H12F3O2-. The van der Waals surface area contributed by atoms with Crippen molar-refractivity contribution < 1.29 is 23.1 Å². The van der Waals surface area contributed by atoms with E-state index in [4.69, 9.17) is 0 Å². The van der Waals surface area contributed by atoms with Crippen LogP contribution in [0.5, 0.6) is 0 Å². The van der Waals surface area contributed by atoms with E-state index in [0.29, 0.717) is 12.8 Å². The zero-order chi connectivity index (χ0) is 10.5. The van der Waals surface area contributed by atoms with Gasteiger partial charge in [0.1, 0.15) is 0 Å². The van der Waals surface area contributed by atoms with Gasteiger partial charge in [0, 0.05) is 11.9 Å². The lowest BCUT2D eigenvalue weighted by molar-refractivity contribution is -0.315. The summed E-state index contributed by atoms with van der Waals surface area (Å²) in [6, 6.07) is 0. The van der Waals surface area contributed by atoms with E-state index in [1.54, 1.807) is 6.92 Å². The minimum Gasteiger partial charge on any atom is -0.550 e. The van der Waals surface area contributed by atoms with Gasteiger partial charge in [-0.3, -0.25) is 0 Å². The third kappa shape index (κ3) is 6.42. The van der Waals surface area contributed by atoms with Gasteiger partial charge < -0.3 is 9.90 Å². The molecule has 0 radical (unpaired) electrons. The van der Waals surface area contributed by atoms with Crippen LogP contribution in [0.4, 0.5) is 13.2 Å². The first-order valence-electron chi connectivity index (χ1n) is 4.14. The topological polar surface area (TPSA) is 40.1 Å². The van der Waals surface area contributed by atoms with E-state index in [0.717, 1.165) is 0 Å². The van der Waals surface area contributed by atoms with Gasteiger partial charge in [-0.05, 0) is 6.42 Å². The molecule has 0 aromatic heterocycles. The van der Waals surface area contributed by atoms with E-state index >= 15 is 0 Å². The van der Waals surface area contributed by atoms with Gasteiger partial charge >= 0.3 is 6.18 Å². The van der Waals surface area contributed by atoms with Crippen LogP contribution >= 0.6 is 0 Å². The largest absolute Gasteiger partial charge is 0.550 e. The molecule has 0 aliphatic rings. The maximum Gasteiger partial charge on any atom is 0.389 e. The van der Waals surface area contributed by atoms with E-state index in [-0.39, 0.29) is 6.42 Å². The third-order valence-corrected chi connectivity index (χ3v) is 1.72. The molecule has 5 heteroatoms. The molecule has 0 fully saturated rings. The van der Waals surface area contributed by atoms with Gasteiger partial charge in [0.15, 0.2) is 0 Å². The van der Waals surface area contributed by atoms with Crippen LogP contribution in [0.2, 0.25) is 0 Å². The third-order valence-electron chi connectivity index (χ3n) is 1.72. The molecule has 1 atom stereocenters. The fourth-order valence-corrected chi connectivity index (χ4v) is 1.03. The first-order valence-corrected chi connectivity index (χ1v) is 4.14. The molecule has 0 amide bonds. The Morgan fingerprint density at radius 1 is 1.46 bits per heavy atom. The van der Waals surface area contributed by atoms with Gasteiger partial charge in [-0.2, -0.15) is 13.2 Å². The summed E-state index contributed by atoms with van der Waals surface area (Å²) in [5, 5.41) is 10.3. The Labute approximate surface area is 74.7 Å². The molecule has 78 valence electrons. The van der Waals surface area contributed by atoms with E-state index in [1.807, 2.05) is 0 Å². The Bertz CT molecular complexity index is 165. The quantitative estimate of drug-likeness (QED) is 0.670. The van der Waals surface area contributed by atoms with E-state index in [1.165, 1.54) is 0 Å². The number of carboxylic acid groups (broad SMARTS) is 1. The van der Waals surface area contributed by atoms with Crippen LogP contribution in [0.25, 0.3) is 0 Å². The zero-order valence-electron chi connectivity index (χ0n) is 7.36. The SMILES string of the molecule is CCCCC(CC(F)(F)F)C(=O)[O-]. The molecule has 0 spiro atoms. The number of carbonyl (C=O) groups excluding carboxylic acids is 1. The monoisotopic (exact) mass is 197 g/mol. The first kappa shape index (κ1) is 12.3. The molecule has 0 rings (SSSR count). The average Bonchev–Trinajstić information content (AvgIpc) is 1.95. The number of carboxylic acids is 1. The molecule has 13 heavy (non-hydrogen) atoms. The van der Waals surface area contributed by atoms with Gasteiger partial charge in [0.2, 0.25) is 0 Å². The normalized spacial score (nSPS) is 14.2. The van der Waals surface area contributed by atoms with Gasteiger partial charge in [0.25, 0.3) is 0 Å². The number of unbranched alkanes of at least 4 members (excludes halogenated alkanes) is 1. The van der Waals surface area contributed by atoms with Crippen molar-refractivity contribution in [3.05, 3.63) is 0 Å². The molecular weight excluding hydrogens is 185 g/mol. The smallest absolute Gasteiger partial charge is 0.389 e. The number of hydrogen-bond acceptors (Lipinski definition) is 2. The molecule has 2 nitrogen and oxygen atoms in total. The average molecular weight is 197 g/mol. The van der Waals surface area contributed by atoms with Crippen molar-refractivity contribution in [2.24, 2.45) is 5.92 Å². The fourth-order valence-electron chi connectivity index (χ4n) is 1.03. The molecule has 0 saturated heterocycles. The van der Waals surface area contributed by atoms with Crippen LogP contribution in [0, 0.1) is 5.92 Å². The number of rotatable bonds is 5. The standard InChI is InChI=1S/C8H13F3O2/c1-2-3-4-6(7(12)13)5-8(9,10)11/h6H,2-5H2,1H3,(H,12,13)/p-1. The summed E-state index contributed by atoms with van der Waals surface area (Å²) in [5.41, 5.74) is 0. The minimum absolute atomic E-state index is 0.0400. The Hall–Kier alpha value is -0.740. The first-order chi connectivity index (χ1) is 5.87. The lowest BCUT2D eigenvalue weighted by atomic mass is 9.98. The number of halogens is 3. The molecule has 0 N–H and O–H groups in total. The summed E-state index contributed by atoms with van der Waals surface area (Å²) in [6.07, 6.45) is -4.50. The predicted molar refractivity (Wildman–Crippen MR) is 38.7 cm³/mol. The Morgan fingerprint density at radius 3 is 2.31 bits per heavy atom. The number of hydrogen-bond donors (Lipinski definition) is 0. The fraction of sp³-hybridized carbons (Fsp3) is 0.875. The Kier molecular flexibility index (Phi) is 4.80. The number of alkyl halides is 3. The van der Waals surface area contributed by atoms with Crippen molar-refractivity contribution in [2.75, 3.05) is 0 Å². The predicted octanol–water partition coefficient (Wildman–Crippen LogP) is 1.50. The van der Waals surface area contributed by atoms with Crippen LogP contribution in [0.3, 0.4) is 0 Å². The summed E-state index contributed by atoms with van der Waals surface area (Å²) in [4.78, 5) is 10.3. The molecule has 0 aliphatic heterocycles. The zero-order valence-corrected chi connectivity index (χ0v) is 7.36. The molecule has 0 bridgehead atoms. The minimum atomic E-state index is -4.42. The highest BCUT2D eigenvalue weighted by Crippen LogP contribution is 2.27. The molecule has 0 aromatic rings. The van der Waals surface area contributed by atoms with E-state index in [2.05, 4.69) is 0 Å². The molecule has 0 aliphatic carbocycles. The van der Waals surface area contributed by atoms with Crippen molar-refractivity contribution in [1.82, 2.24) is 0 Å². The number of carbonyl (C=O) groups is 1. The van der Waals surface area contributed by atoms with E-state index in [9.17, 15) is 23.1 Å². The van der Waals surface area contributed by atoms with Crippen molar-refractivity contribution in [3.63, 3.8) is 0 Å². The van der Waals surface area contributed by atoms with Gasteiger partial charge in [-0.1, -0.05) is 19.8 Å². The molecule has 0 saturated carbocycles. The van der Waals surface area contributed by atoms with Crippen molar-refractivity contribution in [1.29, 1.82) is 0 Å². The summed E-state index contributed by atoms with van der Waals surface area (Å²) in [6.45, 7) is 1.79. The van der Waals surface area contributed by atoms with Crippen LogP contribution in [-0.2, 0) is 4.79 Å². The van der Waals surface area contributed by atoms with Crippen molar-refractivity contribution in [3.8, 4) is 0 Å². The van der Waals surface area contributed by atoms with Crippen molar-refractivity contribution in [2.45, 2.75) is 38.8 Å². The highest BCUT2D eigenvalue weighted by molar-refractivity contribution is 5.67. The summed E-state index contributed by atoms with van der Waals surface area (Å²) in [5.74, 6) is -2.99. The van der Waals surface area contributed by atoms with Crippen LogP contribution in [-0.4, -0.2) is 12.1 Å². The Morgan fingerprint density at radius 2 is 2.00 bits per heavy atom. The second kappa shape index (κ2) is 5.09. The van der Waals surface area contributed by atoms with Crippen LogP contribution in [0.1, 0.15) is 32.6 Å². The second-order valence-electron chi connectivity index (χ2n) is 2.98. The molecule has 0 aromatic carbocycles. The lowest BCUT2D eigenvalue weighted by Gasteiger charge is -2.18. The van der Waals surface area contributed by atoms with Gasteiger partial charge in [0.05, 0.1) is 6.42 Å². The van der Waals surface area contributed by atoms with Crippen molar-refractivity contribution >= 4 is 5.97 Å². The maximum atomic E-state index is 11.8. The molecule has 0 heterocycles. The Balaban J connectivity index is 4.03. The summed E-state index contributed by atoms with van der Waals surface area (Å²) in [7, 11) is 0. The van der Waals surface area contributed by atoms with Gasteiger partial charge in [-0.15, -0.1) is 0 Å². The molecule has 1 unspecified atom stereocenters. The number of aliphatic carboxylic acids is 1.